The van der Waals surface area contributed by atoms with E-state index in [9.17, 15) is 4.79 Å². The lowest BCUT2D eigenvalue weighted by atomic mass is 9.78. The summed E-state index contributed by atoms with van der Waals surface area (Å²) in [7, 11) is 0. The van der Waals surface area contributed by atoms with E-state index >= 15 is 0 Å². The van der Waals surface area contributed by atoms with Crippen LogP contribution in [0.25, 0.3) is 0 Å². The minimum Gasteiger partial charge on any atom is -0.341 e. The molecule has 2 aromatic carbocycles. The number of anilines is 4. The molecule has 1 saturated heterocycles. The van der Waals surface area contributed by atoms with Crippen LogP contribution in [0, 0.1) is 6.92 Å². The van der Waals surface area contributed by atoms with E-state index in [2.05, 4.69) is 20.5 Å². The number of carbonyl (C=O) groups is 1. The molecule has 0 atom stereocenters. The third kappa shape index (κ3) is 5.27. The number of carbonyl (C=O) groups excluding carboxylic acids is 1. The van der Waals surface area contributed by atoms with Gasteiger partial charge in [-0.05, 0) is 81.0 Å². The monoisotopic (exact) mass is 489 g/mol. The Hall–Kier alpha value is -3.12. The van der Waals surface area contributed by atoms with Gasteiger partial charge in [-0.3, -0.25) is 4.79 Å². The van der Waals surface area contributed by atoms with Gasteiger partial charge in [-0.1, -0.05) is 36.6 Å². The van der Waals surface area contributed by atoms with Crippen LogP contribution in [0.15, 0.2) is 54.6 Å². The van der Waals surface area contributed by atoms with Crippen molar-refractivity contribution in [1.82, 2.24) is 9.97 Å². The van der Waals surface area contributed by atoms with E-state index in [1.807, 2.05) is 61.5 Å². The summed E-state index contributed by atoms with van der Waals surface area (Å²) in [5.74, 6) is 1.62. The minimum atomic E-state index is -0.495. The fraction of sp³-hybridized carbons (Fsp3) is 0.393. The van der Waals surface area contributed by atoms with E-state index < -0.39 is 5.41 Å². The second-order valence-electron chi connectivity index (χ2n) is 9.69. The summed E-state index contributed by atoms with van der Waals surface area (Å²) in [6.45, 7) is 4.02. The second-order valence-corrected chi connectivity index (χ2v) is 10.1. The van der Waals surface area contributed by atoms with Gasteiger partial charge < -0.3 is 15.5 Å². The number of rotatable bonds is 6. The molecule has 0 bridgehead atoms. The number of benzene rings is 2. The lowest BCUT2D eigenvalue weighted by Crippen LogP contribution is -2.37. The van der Waals surface area contributed by atoms with E-state index in [0.717, 1.165) is 73.2 Å². The summed E-state index contributed by atoms with van der Waals surface area (Å²) in [6, 6.07) is 17.5. The fourth-order valence-electron chi connectivity index (χ4n) is 5.28. The van der Waals surface area contributed by atoms with Crippen molar-refractivity contribution < 1.29 is 4.79 Å². The topological polar surface area (TPSA) is 70.2 Å². The Balaban J connectivity index is 1.28. The van der Waals surface area contributed by atoms with Crippen LogP contribution in [0.4, 0.5) is 23.1 Å². The van der Waals surface area contributed by atoms with Crippen LogP contribution in [-0.4, -0.2) is 29.0 Å². The number of amides is 1. The normalized spacial score (nSPS) is 17.3. The third-order valence-corrected chi connectivity index (χ3v) is 7.44. The summed E-state index contributed by atoms with van der Waals surface area (Å²) in [4.78, 5) is 25.1. The van der Waals surface area contributed by atoms with Gasteiger partial charge >= 0.3 is 0 Å². The summed E-state index contributed by atoms with van der Waals surface area (Å²) >= 11 is 6.09. The molecular weight excluding hydrogens is 458 g/mol. The van der Waals surface area contributed by atoms with Crippen molar-refractivity contribution in [3.05, 3.63) is 70.9 Å². The molecule has 1 aromatic heterocycles. The lowest BCUT2D eigenvalue weighted by Gasteiger charge is -2.28. The highest BCUT2D eigenvalue weighted by Crippen LogP contribution is 2.42. The Labute approximate surface area is 212 Å². The highest BCUT2D eigenvalue weighted by Gasteiger charge is 2.42. The maximum Gasteiger partial charge on any atom is 0.235 e. The van der Waals surface area contributed by atoms with Crippen molar-refractivity contribution in [3.8, 4) is 0 Å². The van der Waals surface area contributed by atoms with E-state index in [1.54, 1.807) is 0 Å². The van der Waals surface area contributed by atoms with E-state index in [1.165, 1.54) is 19.3 Å². The van der Waals surface area contributed by atoms with Gasteiger partial charge in [-0.25, -0.2) is 4.98 Å². The molecule has 1 saturated carbocycles. The predicted molar refractivity (Wildman–Crippen MR) is 143 cm³/mol. The number of aromatic nitrogens is 2. The summed E-state index contributed by atoms with van der Waals surface area (Å²) < 4.78 is 0. The van der Waals surface area contributed by atoms with Gasteiger partial charge in [-0.2, -0.15) is 4.98 Å². The first-order chi connectivity index (χ1) is 17.0. The maximum absolute atomic E-state index is 13.4. The molecule has 1 aliphatic carbocycles. The zero-order valence-electron chi connectivity index (χ0n) is 20.2. The molecule has 2 N–H and O–H groups in total. The average Bonchev–Trinajstić information content (AvgIpc) is 3.37. The van der Waals surface area contributed by atoms with Crippen molar-refractivity contribution in [2.24, 2.45) is 0 Å². The van der Waals surface area contributed by atoms with Crippen LogP contribution >= 0.6 is 11.6 Å². The SMILES string of the molecule is Cc1cc(Nc2ccc(NC(=O)C3(c4ccc(Cl)cc4)CCCC3)cc2)nc(N2CCCCC2)n1. The molecule has 0 unspecified atom stereocenters. The largest absolute Gasteiger partial charge is 0.341 e. The standard InChI is InChI=1S/C28H32ClN5O/c1-20-19-25(33-27(30-20)34-17-5-2-6-18-34)31-23-11-13-24(14-12-23)32-26(35)28(15-3-4-16-28)21-7-9-22(29)10-8-21/h7-14,19H,2-6,15-18H2,1H3,(H,32,35)(H,30,31,33). The Kier molecular flexibility index (Phi) is 6.91. The maximum atomic E-state index is 13.4. The fourth-order valence-corrected chi connectivity index (χ4v) is 5.41. The van der Waals surface area contributed by atoms with Gasteiger partial charge in [0.05, 0.1) is 5.41 Å². The Morgan fingerprint density at radius 3 is 2.23 bits per heavy atom. The molecule has 7 heteroatoms. The average molecular weight is 490 g/mol. The van der Waals surface area contributed by atoms with E-state index in [4.69, 9.17) is 16.6 Å². The molecule has 182 valence electrons. The van der Waals surface area contributed by atoms with Crippen molar-refractivity contribution in [2.45, 2.75) is 57.3 Å². The number of hydrogen-bond donors (Lipinski definition) is 2. The van der Waals surface area contributed by atoms with Gasteiger partial charge in [0.2, 0.25) is 11.9 Å². The smallest absolute Gasteiger partial charge is 0.235 e. The van der Waals surface area contributed by atoms with E-state index in [0.29, 0.717) is 5.02 Å². The van der Waals surface area contributed by atoms with Gasteiger partial charge in [0.15, 0.2) is 0 Å². The summed E-state index contributed by atoms with van der Waals surface area (Å²) in [5, 5.41) is 7.24. The molecular formula is C28H32ClN5O. The zero-order valence-corrected chi connectivity index (χ0v) is 20.9. The Bertz CT molecular complexity index is 1170. The predicted octanol–water partition coefficient (Wildman–Crippen LogP) is 6.62. The molecule has 0 radical (unpaired) electrons. The van der Waals surface area contributed by atoms with Crippen LogP contribution < -0.4 is 15.5 Å². The second kappa shape index (κ2) is 10.2. The quantitative estimate of drug-likeness (QED) is 0.407. The van der Waals surface area contributed by atoms with Gasteiger partial charge in [-0.15, -0.1) is 0 Å². The van der Waals surface area contributed by atoms with Crippen LogP contribution in [0.1, 0.15) is 56.2 Å². The highest BCUT2D eigenvalue weighted by molar-refractivity contribution is 6.30. The number of aryl methyl sites for hydroxylation is 1. The van der Waals surface area contributed by atoms with Gasteiger partial charge in [0.1, 0.15) is 5.82 Å². The third-order valence-electron chi connectivity index (χ3n) is 7.19. The first-order valence-corrected chi connectivity index (χ1v) is 12.9. The Morgan fingerprint density at radius 1 is 0.886 bits per heavy atom. The molecule has 1 amide bonds. The molecule has 3 aromatic rings. The van der Waals surface area contributed by atoms with Crippen molar-refractivity contribution in [3.63, 3.8) is 0 Å². The van der Waals surface area contributed by atoms with Crippen LogP contribution in [0.2, 0.25) is 5.02 Å². The van der Waals surface area contributed by atoms with Crippen molar-refractivity contribution in [2.75, 3.05) is 28.6 Å². The molecule has 2 heterocycles. The molecule has 0 spiro atoms. The zero-order chi connectivity index (χ0) is 24.3. The first-order valence-electron chi connectivity index (χ1n) is 12.6. The number of halogens is 1. The van der Waals surface area contributed by atoms with Gasteiger partial charge in [0, 0.05) is 41.2 Å². The molecule has 2 aliphatic rings. The first kappa shape index (κ1) is 23.6. The summed E-state index contributed by atoms with van der Waals surface area (Å²) in [6.07, 6.45) is 7.46. The van der Waals surface area contributed by atoms with Crippen molar-refractivity contribution in [1.29, 1.82) is 0 Å². The lowest BCUT2D eigenvalue weighted by molar-refractivity contribution is -0.121. The highest BCUT2D eigenvalue weighted by atomic mass is 35.5. The van der Waals surface area contributed by atoms with Crippen molar-refractivity contribution >= 4 is 40.6 Å². The molecule has 6 nitrogen and oxygen atoms in total. The molecule has 2 fully saturated rings. The molecule has 1 aliphatic heterocycles. The number of nitrogens with zero attached hydrogens (tertiary/aromatic N) is 3. The molecule has 5 rings (SSSR count). The van der Waals surface area contributed by atoms with Gasteiger partial charge in [0.25, 0.3) is 0 Å². The minimum absolute atomic E-state index is 0.0515. The van der Waals surface area contributed by atoms with E-state index in [-0.39, 0.29) is 5.91 Å². The van der Waals surface area contributed by atoms with Crippen LogP contribution in [0.5, 0.6) is 0 Å². The molecule has 35 heavy (non-hydrogen) atoms. The number of piperidine rings is 1. The summed E-state index contributed by atoms with van der Waals surface area (Å²) in [5.41, 5.74) is 3.19. The number of nitrogens with one attached hydrogen (secondary N) is 2. The Morgan fingerprint density at radius 2 is 1.54 bits per heavy atom. The number of hydrogen-bond acceptors (Lipinski definition) is 5. The van der Waals surface area contributed by atoms with Crippen LogP contribution in [0.3, 0.4) is 0 Å². The van der Waals surface area contributed by atoms with Crippen LogP contribution in [-0.2, 0) is 10.2 Å².